The fourth-order valence-corrected chi connectivity index (χ4v) is 5.40. The lowest BCUT2D eigenvalue weighted by molar-refractivity contribution is -0.141. The van der Waals surface area contributed by atoms with Crippen molar-refractivity contribution in [3.63, 3.8) is 0 Å². The number of aryl methyl sites for hydroxylation is 2. The Balaban J connectivity index is 1.58. The summed E-state index contributed by atoms with van der Waals surface area (Å²) in [6.45, 7) is 1.10. The molecule has 0 spiro atoms. The molecule has 0 atom stereocenters. The lowest BCUT2D eigenvalue weighted by Crippen LogP contribution is -2.37. The van der Waals surface area contributed by atoms with E-state index in [2.05, 4.69) is 14.7 Å². The van der Waals surface area contributed by atoms with Gasteiger partial charge in [-0.1, -0.05) is 0 Å². The quantitative estimate of drug-likeness (QED) is 0.563. The molecule has 1 aliphatic carbocycles. The highest BCUT2D eigenvalue weighted by molar-refractivity contribution is 7.99. The highest BCUT2D eigenvalue weighted by Gasteiger charge is 2.21. The van der Waals surface area contributed by atoms with Crippen molar-refractivity contribution in [2.75, 3.05) is 39.7 Å². The summed E-state index contributed by atoms with van der Waals surface area (Å²) in [5, 5.41) is 0.737. The van der Waals surface area contributed by atoms with Crippen LogP contribution in [0.15, 0.2) is 4.79 Å². The first-order valence-corrected chi connectivity index (χ1v) is 11.4. The largest absolute Gasteiger partial charge is 0.469 e. The molecule has 1 N–H and O–H groups in total. The third-order valence-corrected chi connectivity index (χ3v) is 6.93. The Bertz CT molecular complexity index is 940. The molecule has 10 heteroatoms. The minimum Gasteiger partial charge on any atom is -0.469 e. The van der Waals surface area contributed by atoms with E-state index in [4.69, 9.17) is 4.74 Å². The summed E-state index contributed by atoms with van der Waals surface area (Å²) in [5.41, 5.74) is 1.07. The summed E-state index contributed by atoms with van der Waals surface area (Å²) < 4.78 is 9.68. The maximum atomic E-state index is 12.5. The summed E-state index contributed by atoms with van der Waals surface area (Å²) in [4.78, 5) is 47.5. The number of aromatic amines is 1. The molecule has 0 unspecified atom stereocenters. The summed E-state index contributed by atoms with van der Waals surface area (Å²) in [6, 6.07) is 0. The molecule has 0 aromatic carbocycles. The Hall–Kier alpha value is -1.91. The number of rotatable bonds is 10. The number of fused-ring (bicyclic) bond motifs is 3. The van der Waals surface area contributed by atoms with Gasteiger partial charge in [-0.05, 0) is 24.8 Å². The van der Waals surface area contributed by atoms with E-state index in [0.29, 0.717) is 24.7 Å². The molecular weight excluding hydrogens is 414 g/mol. The number of hydrogen-bond acceptors (Lipinski definition) is 8. The Kier molecular flexibility index (Phi) is 7.68. The van der Waals surface area contributed by atoms with Gasteiger partial charge in [0.15, 0.2) is 0 Å². The Labute approximate surface area is 177 Å². The zero-order valence-corrected chi connectivity index (χ0v) is 18.2. The maximum absolute atomic E-state index is 12.5. The summed E-state index contributed by atoms with van der Waals surface area (Å²) in [5.74, 6) is 0.806. The molecule has 0 fully saturated rings. The number of amides is 1. The van der Waals surface area contributed by atoms with Gasteiger partial charge in [0, 0.05) is 25.1 Å². The van der Waals surface area contributed by atoms with Crippen molar-refractivity contribution < 1.29 is 19.1 Å². The van der Waals surface area contributed by atoms with Crippen molar-refractivity contribution in [2.45, 2.75) is 31.4 Å². The first-order chi connectivity index (χ1) is 14.0. The van der Waals surface area contributed by atoms with Gasteiger partial charge in [0.25, 0.3) is 5.56 Å². The van der Waals surface area contributed by atoms with E-state index in [1.165, 1.54) is 23.7 Å². The van der Waals surface area contributed by atoms with E-state index in [1.807, 2.05) is 0 Å². The van der Waals surface area contributed by atoms with E-state index in [-0.39, 0.29) is 36.2 Å². The van der Waals surface area contributed by atoms with Crippen LogP contribution >= 0.6 is 23.1 Å². The third kappa shape index (κ3) is 5.37. The van der Waals surface area contributed by atoms with Crippen molar-refractivity contribution in [3.8, 4) is 0 Å². The summed E-state index contributed by atoms with van der Waals surface area (Å²) in [7, 11) is 2.89. The monoisotopic (exact) mass is 439 g/mol. The lowest BCUT2D eigenvalue weighted by Gasteiger charge is -2.21. The molecule has 29 heavy (non-hydrogen) atoms. The zero-order valence-electron chi connectivity index (χ0n) is 16.6. The Morgan fingerprint density at radius 3 is 2.86 bits per heavy atom. The van der Waals surface area contributed by atoms with Gasteiger partial charge in [-0.25, -0.2) is 4.98 Å². The normalized spacial score (nSPS) is 12.9. The van der Waals surface area contributed by atoms with Gasteiger partial charge in [-0.3, -0.25) is 14.4 Å². The van der Waals surface area contributed by atoms with Crippen LogP contribution in [-0.2, 0) is 37.7 Å². The minimum absolute atomic E-state index is 0.0869. The molecule has 2 heterocycles. The Morgan fingerprint density at radius 2 is 2.10 bits per heavy atom. The molecule has 158 valence electrons. The van der Waals surface area contributed by atoms with Crippen LogP contribution in [-0.4, -0.2) is 66.4 Å². The van der Waals surface area contributed by atoms with E-state index < -0.39 is 0 Å². The van der Waals surface area contributed by atoms with Crippen LogP contribution in [0.5, 0.6) is 0 Å². The number of ether oxygens (including phenoxy) is 2. The zero-order chi connectivity index (χ0) is 20.8. The summed E-state index contributed by atoms with van der Waals surface area (Å²) in [6.07, 6.45) is 3.22. The van der Waals surface area contributed by atoms with Gasteiger partial charge in [0.2, 0.25) is 5.91 Å². The van der Waals surface area contributed by atoms with Gasteiger partial charge >= 0.3 is 5.97 Å². The second kappa shape index (κ2) is 10.2. The standard InChI is InChI=1S/C19H25N3O5S2/c1-26-9-8-22(7-6-16(24)27-2)15(23)11-28-10-14-20-18(25)17-12-4-3-5-13(12)29-19(17)21-14/h3-11H2,1-2H3,(H,20,21,25). The molecule has 1 amide bonds. The van der Waals surface area contributed by atoms with E-state index in [1.54, 1.807) is 23.3 Å². The first-order valence-electron chi connectivity index (χ1n) is 9.48. The molecule has 1 aliphatic rings. The number of nitrogens with one attached hydrogen (secondary N) is 1. The van der Waals surface area contributed by atoms with Crippen molar-refractivity contribution >= 4 is 45.2 Å². The number of hydrogen-bond donors (Lipinski definition) is 1. The van der Waals surface area contributed by atoms with Crippen LogP contribution < -0.4 is 5.56 Å². The highest BCUT2D eigenvalue weighted by Crippen LogP contribution is 2.34. The fraction of sp³-hybridized carbons (Fsp3) is 0.579. The number of esters is 1. The molecule has 8 nitrogen and oxygen atoms in total. The number of thiophene rings is 1. The van der Waals surface area contributed by atoms with Crippen molar-refractivity contribution in [3.05, 3.63) is 26.6 Å². The van der Waals surface area contributed by atoms with E-state index >= 15 is 0 Å². The van der Waals surface area contributed by atoms with Crippen molar-refractivity contribution in [1.82, 2.24) is 14.9 Å². The first kappa shape index (κ1) is 21.8. The number of H-pyrrole nitrogens is 1. The fourth-order valence-electron chi connectivity index (χ4n) is 3.33. The van der Waals surface area contributed by atoms with Crippen LogP contribution in [0.4, 0.5) is 0 Å². The minimum atomic E-state index is -0.356. The molecule has 2 aromatic heterocycles. The smallest absolute Gasteiger partial charge is 0.307 e. The molecule has 0 aliphatic heterocycles. The van der Waals surface area contributed by atoms with Crippen LogP contribution in [0.3, 0.4) is 0 Å². The number of carbonyl (C=O) groups excluding carboxylic acids is 2. The molecule has 0 radical (unpaired) electrons. The number of thioether (sulfide) groups is 1. The Morgan fingerprint density at radius 1 is 1.28 bits per heavy atom. The number of carbonyl (C=O) groups is 2. The van der Waals surface area contributed by atoms with E-state index in [0.717, 1.165) is 35.0 Å². The SMILES string of the molecule is COCCN(CCC(=O)OC)C(=O)CSCc1nc2sc3c(c2c(=O)[nH]1)CCC3. The number of methoxy groups -OCH3 is 2. The third-order valence-electron chi connectivity index (χ3n) is 4.82. The second-order valence-electron chi connectivity index (χ2n) is 6.74. The van der Waals surface area contributed by atoms with Crippen LogP contribution in [0, 0.1) is 0 Å². The molecule has 0 saturated carbocycles. The predicted octanol–water partition coefficient (Wildman–Crippen LogP) is 1.74. The predicted molar refractivity (Wildman–Crippen MR) is 114 cm³/mol. The second-order valence-corrected chi connectivity index (χ2v) is 8.81. The average Bonchev–Trinajstić information content (AvgIpc) is 3.28. The van der Waals surface area contributed by atoms with Crippen molar-refractivity contribution in [2.24, 2.45) is 0 Å². The van der Waals surface area contributed by atoms with Gasteiger partial charge in [0.05, 0.1) is 37.0 Å². The van der Waals surface area contributed by atoms with Gasteiger partial charge in [-0.2, -0.15) is 0 Å². The molecular formula is C19H25N3O5S2. The van der Waals surface area contributed by atoms with Crippen LogP contribution in [0.2, 0.25) is 0 Å². The summed E-state index contributed by atoms with van der Waals surface area (Å²) >= 11 is 2.99. The average molecular weight is 440 g/mol. The highest BCUT2D eigenvalue weighted by atomic mass is 32.2. The molecule has 2 aromatic rings. The lowest BCUT2D eigenvalue weighted by atomic mass is 10.2. The topological polar surface area (TPSA) is 102 Å². The van der Waals surface area contributed by atoms with E-state index in [9.17, 15) is 14.4 Å². The van der Waals surface area contributed by atoms with Crippen LogP contribution in [0.25, 0.3) is 10.2 Å². The molecule has 0 bridgehead atoms. The van der Waals surface area contributed by atoms with Gasteiger partial charge < -0.3 is 19.4 Å². The van der Waals surface area contributed by atoms with Gasteiger partial charge in [0.1, 0.15) is 10.7 Å². The van der Waals surface area contributed by atoms with Gasteiger partial charge in [-0.15, -0.1) is 23.1 Å². The number of aromatic nitrogens is 2. The van der Waals surface area contributed by atoms with Crippen LogP contribution in [0.1, 0.15) is 29.1 Å². The molecule has 0 saturated heterocycles. The number of nitrogens with zero attached hydrogens (tertiary/aromatic N) is 2. The maximum Gasteiger partial charge on any atom is 0.307 e. The van der Waals surface area contributed by atoms with Crippen molar-refractivity contribution in [1.29, 1.82) is 0 Å². The molecule has 3 rings (SSSR count).